The number of carbonyl (C=O) groups is 1. The minimum atomic E-state index is -0.478. The van der Waals surface area contributed by atoms with E-state index < -0.39 is 4.92 Å². The normalized spacial score (nSPS) is 10.1. The topological polar surface area (TPSA) is 81.5 Å². The lowest BCUT2D eigenvalue weighted by Crippen LogP contribution is -2.24. The zero-order chi connectivity index (χ0) is 16.7. The number of para-hydroxylation sites is 1. The molecule has 23 heavy (non-hydrogen) atoms. The van der Waals surface area contributed by atoms with Crippen molar-refractivity contribution in [2.75, 3.05) is 6.61 Å². The number of nitro benzene ring substituents is 1. The molecule has 1 N–H and O–H groups in total. The Bertz CT molecular complexity index is 700. The molecule has 0 fully saturated rings. The van der Waals surface area contributed by atoms with E-state index >= 15 is 0 Å². The maximum atomic E-state index is 12.0. The van der Waals surface area contributed by atoms with Gasteiger partial charge in [0.1, 0.15) is 5.75 Å². The van der Waals surface area contributed by atoms with Crippen LogP contribution in [0.3, 0.4) is 0 Å². The third kappa shape index (κ3) is 4.81. The molecule has 6 nitrogen and oxygen atoms in total. The zero-order valence-electron chi connectivity index (χ0n) is 12.8. The van der Waals surface area contributed by atoms with Crippen molar-refractivity contribution in [1.29, 1.82) is 0 Å². The Morgan fingerprint density at radius 3 is 2.74 bits per heavy atom. The predicted molar refractivity (Wildman–Crippen MR) is 86.3 cm³/mol. The molecule has 2 rings (SSSR count). The van der Waals surface area contributed by atoms with Crippen LogP contribution in [0.25, 0.3) is 0 Å². The number of rotatable bonds is 7. The van der Waals surface area contributed by atoms with Gasteiger partial charge in [0.25, 0.3) is 5.69 Å². The molecule has 0 aliphatic heterocycles. The second kappa shape index (κ2) is 7.93. The highest BCUT2D eigenvalue weighted by atomic mass is 16.6. The van der Waals surface area contributed by atoms with Crippen LogP contribution in [-0.2, 0) is 17.8 Å². The molecule has 0 radical (unpaired) electrons. The van der Waals surface area contributed by atoms with Crippen molar-refractivity contribution >= 4 is 11.6 Å². The molecule has 0 saturated carbocycles. The second-order valence-corrected chi connectivity index (χ2v) is 4.92. The lowest BCUT2D eigenvalue weighted by atomic mass is 10.1. The van der Waals surface area contributed by atoms with Crippen LogP contribution in [0.2, 0.25) is 0 Å². The molecule has 0 unspecified atom stereocenters. The van der Waals surface area contributed by atoms with Gasteiger partial charge >= 0.3 is 0 Å². The SMILES string of the molecule is CCOc1cccc(CNC(=O)Cc2ccccc2[N+](=O)[O-])c1. The molecule has 0 heterocycles. The standard InChI is InChI=1S/C17H18N2O4/c1-2-23-15-8-5-6-13(10-15)12-18-17(20)11-14-7-3-4-9-16(14)19(21)22/h3-10H,2,11-12H2,1H3,(H,18,20). The summed E-state index contributed by atoms with van der Waals surface area (Å²) in [7, 11) is 0. The van der Waals surface area contributed by atoms with E-state index in [4.69, 9.17) is 4.74 Å². The quantitative estimate of drug-likeness (QED) is 0.629. The van der Waals surface area contributed by atoms with Crippen molar-refractivity contribution in [3.63, 3.8) is 0 Å². The fourth-order valence-corrected chi connectivity index (χ4v) is 2.19. The molecule has 2 aromatic carbocycles. The van der Waals surface area contributed by atoms with Crippen molar-refractivity contribution in [2.24, 2.45) is 0 Å². The van der Waals surface area contributed by atoms with Gasteiger partial charge in [0.2, 0.25) is 5.91 Å². The van der Waals surface area contributed by atoms with E-state index in [0.717, 1.165) is 11.3 Å². The number of carbonyl (C=O) groups excluding carboxylic acids is 1. The van der Waals surface area contributed by atoms with Crippen LogP contribution in [-0.4, -0.2) is 17.4 Å². The van der Waals surface area contributed by atoms with Gasteiger partial charge < -0.3 is 10.1 Å². The lowest BCUT2D eigenvalue weighted by molar-refractivity contribution is -0.385. The first-order valence-corrected chi connectivity index (χ1v) is 7.31. The van der Waals surface area contributed by atoms with Gasteiger partial charge in [0, 0.05) is 18.2 Å². The van der Waals surface area contributed by atoms with Crippen LogP contribution >= 0.6 is 0 Å². The van der Waals surface area contributed by atoms with E-state index in [2.05, 4.69) is 5.32 Å². The van der Waals surface area contributed by atoms with E-state index in [-0.39, 0.29) is 18.0 Å². The van der Waals surface area contributed by atoms with Crippen molar-refractivity contribution in [3.8, 4) is 5.75 Å². The minimum absolute atomic E-state index is 0.0255. The predicted octanol–water partition coefficient (Wildman–Crippen LogP) is 2.85. The maximum absolute atomic E-state index is 12.0. The summed E-state index contributed by atoms with van der Waals surface area (Å²) >= 11 is 0. The summed E-state index contributed by atoms with van der Waals surface area (Å²) in [6.07, 6.45) is -0.0255. The average Bonchev–Trinajstić information content (AvgIpc) is 2.54. The molecule has 2 aromatic rings. The van der Waals surface area contributed by atoms with Gasteiger partial charge in [-0.25, -0.2) is 0 Å². The highest BCUT2D eigenvalue weighted by Gasteiger charge is 2.15. The summed E-state index contributed by atoms with van der Waals surface area (Å²) in [5.41, 5.74) is 1.27. The molecule has 1 amide bonds. The first kappa shape index (κ1) is 16.5. The Morgan fingerprint density at radius 2 is 2.00 bits per heavy atom. The number of ether oxygens (including phenoxy) is 1. The summed E-state index contributed by atoms with van der Waals surface area (Å²) in [4.78, 5) is 22.5. The smallest absolute Gasteiger partial charge is 0.273 e. The van der Waals surface area contributed by atoms with Crippen LogP contribution in [0.1, 0.15) is 18.1 Å². The lowest BCUT2D eigenvalue weighted by Gasteiger charge is -2.08. The Labute approximate surface area is 134 Å². The van der Waals surface area contributed by atoms with Crippen LogP contribution < -0.4 is 10.1 Å². The zero-order valence-corrected chi connectivity index (χ0v) is 12.8. The molecule has 120 valence electrons. The van der Waals surface area contributed by atoms with Crippen molar-refractivity contribution in [2.45, 2.75) is 19.9 Å². The summed E-state index contributed by atoms with van der Waals surface area (Å²) in [5, 5.41) is 13.7. The molecule has 0 aromatic heterocycles. The molecular weight excluding hydrogens is 296 g/mol. The van der Waals surface area contributed by atoms with Crippen molar-refractivity contribution in [1.82, 2.24) is 5.32 Å². The molecule has 0 bridgehead atoms. The highest BCUT2D eigenvalue weighted by molar-refractivity contribution is 5.79. The van der Waals surface area contributed by atoms with Gasteiger partial charge in [-0.05, 0) is 24.6 Å². The number of hydrogen-bond acceptors (Lipinski definition) is 4. The number of nitrogens with zero attached hydrogens (tertiary/aromatic N) is 1. The van der Waals surface area contributed by atoms with E-state index in [9.17, 15) is 14.9 Å². The fourth-order valence-electron chi connectivity index (χ4n) is 2.19. The maximum Gasteiger partial charge on any atom is 0.273 e. The first-order chi connectivity index (χ1) is 11.1. The second-order valence-electron chi connectivity index (χ2n) is 4.92. The summed E-state index contributed by atoms with van der Waals surface area (Å²) in [5.74, 6) is 0.485. The average molecular weight is 314 g/mol. The Hall–Kier alpha value is -2.89. The van der Waals surface area contributed by atoms with Crippen molar-refractivity contribution < 1.29 is 14.5 Å². The number of nitro groups is 1. The van der Waals surface area contributed by atoms with Gasteiger partial charge in [-0.2, -0.15) is 0 Å². The molecular formula is C17H18N2O4. The van der Waals surface area contributed by atoms with Gasteiger partial charge in [-0.3, -0.25) is 14.9 Å². The van der Waals surface area contributed by atoms with Gasteiger partial charge in [0.05, 0.1) is 18.0 Å². The minimum Gasteiger partial charge on any atom is -0.494 e. The molecule has 0 aliphatic carbocycles. The van der Waals surface area contributed by atoms with Crippen LogP contribution in [0.4, 0.5) is 5.69 Å². The third-order valence-electron chi connectivity index (χ3n) is 3.24. The molecule has 0 spiro atoms. The molecule has 6 heteroatoms. The third-order valence-corrected chi connectivity index (χ3v) is 3.24. The Kier molecular flexibility index (Phi) is 5.68. The van der Waals surface area contributed by atoms with E-state index in [1.54, 1.807) is 18.2 Å². The number of benzene rings is 2. The highest BCUT2D eigenvalue weighted by Crippen LogP contribution is 2.18. The summed E-state index contributed by atoms with van der Waals surface area (Å²) in [6, 6.07) is 13.7. The van der Waals surface area contributed by atoms with Gasteiger partial charge in [-0.15, -0.1) is 0 Å². The summed E-state index contributed by atoms with van der Waals surface area (Å²) < 4.78 is 5.40. The van der Waals surface area contributed by atoms with Crippen LogP contribution in [0.5, 0.6) is 5.75 Å². The number of nitrogens with one attached hydrogen (secondary N) is 1. The van der Waals surface area contributed by atoms with Gasteiger partial charge in [-0.1, -0.05) is 30.3 Å². The monoisotopic (exact) mass is 314 g/mol. The van der Waals surface area contributed by atoms with Crippen molar-refractivity contribution in [3.05, 3.63) is 69.8 Å². The molecule has 0 atom stereocenters. The fraction of sp³-hybridized carbons (Fsp3) is 0.235. The van der Waals surface area contributed by atoms with Crippen LogP contribution in [0.15, 0.2) is 48.5 Å². The summed E-state index contributed by atoms with van der Waals surface area (Å²) in [6.45, 7) is 2.83. The largest absolute Gasteiger partial charge is 0.494 e. The number of amides is 1. The Morgan fingerprint density at radius 1 is 1.22 bits per heavy atom. The van der Waals surface area contributed by atoms with Crippen LogP contribution in [0, 0.1) is 10.1 Å². The first-order valence-electron chi connectivity index (χ1n) is 7.31. The number of hydrogen-bond donors (Lipinski definition) is 1. The van der Waals surface area contributed by atoms with E-state index in [1.807, 2.05) is 31.2 Å². The molecule has 0 saturated heterocycles. The Balaban J connectivity index is 1.96. The van der Waals surface area contributed by atoms with E-state index in [0.29, 0.717) is 18.7 Å². The van der Waals surface area contributed by atoms with E-state index in [1.165, 1.54) is 6.07 Å². The molecule has 0 aliphatic rings. The van der Waals surface area contributed by atoms with Gasteiger partial charge in [0.15, 0.2) is 0 Å².